The summed E-state index contributed by atoms with van der Waals surface area (Å²) in [5.41, 5.74) is 0.425. The first-order valence-corrected chi connectivity index (χ1v) is 12.2. The highest BCUT2D eigenvalue weighted by Crippen LogP contribution is 2.27. The summed E-state index contributed by atoms with van der Waals surface area (Å²) in [6, 6.07) is 6.40. The lowest BCUT2D eigenvalue weighted by atomic mass is 9.86. The van der Waals surface area contributed by atoms with E-state index in [9.17, 15) is 14.4 Å². The van der Waals surface area contributed by atoms with Gasteiger partial charge in [-0.05, 0) is 61.6 Å². The molecule has 1 unspecified atom stereocenters. The molecule has 0 saturated carbocycles. The molecule has 7 nitrogen and oxygen atoms in total. The molecule has 2 aliphatic heterocycles. The number of hydrogen-bond donors (Lipinski definition) is 1. The molecule has 1 atom stereocenters. The van der Waals surface area contributed by atoms with Crippen LogP contribution >= 0.6 is 0 Å². The van der Waals surface area contributed by atoms with E-state index < -0.39 is 6.04 Å². The van der Waals surface area contributed by atoms with Gasteiger partial charge in [-0.25, -0.2) is 0 Å². The number of carbonyl (C=O) groups is 3. The average molecular weight is 458 g/mol. The van der Waals surface area contributed by atoms with E-state index in [1.807, 2.05) is 9.80 Å². The third-order valence-electron chi connectivity index (χ3n) is 6.60. The first-order chi connectivity index (χ1) is 15.7. The largest absolute Gasteiger partial charge is 0.497 e. The molecule has 0 aliphatic carbocycles. The van der Waals surface area contributed by atoms with Crippen molar-refractivity contribution in [1.29, 1.82) is 0 Å². The number of piperidine rings is 2. The van der Waals surface area contributed by atoms with Crippen molar-refractivity contribution in [1.82, 2.24) is 15.1 Å². The van der Waals surface area contributed by atoms with E-state index >= 15 is 0 Å². The lowest BCUT2D eigenvalue weighted by Gasteiger charge is -2.39. The van der Waals surface area contributed by atoms with Gasteiger partial charge in [-0.1, -0.05) is 26.8 Å². The van der Waals surface area contributed by atoms with Crippen LogP contribution in [-0.2, 0) is 9.59 Å². The predicted molar refractivity (Wildman–Crippen MR) is 128 cm³/mol. The predicted octanol–water partition coefficient (Wildman–Crippen LogP) is 3.48. The third kappa shape index (κ3) is 6.95. The second-order valence-electron chi connectivity index (χ2n) is 10.5. The van der Waals surface area contributed by atoms with E-state index in [1.165, 1.54) is 0 Å². The Morgan fingerprint density at radius 1 is 1.03 bits per heavy atom. The Balaban J connectivity index is 1.71. The second-order valence-corrected chi connectivity index (χ2v) is 10.5. The average Bonchev–Trinajstić information content (AvgIpc) is 2.81. The molecule has 7 heteroatoms. The quantitative estimate of drug-likeness (QED) is 0.709. The zero-order valence-corrected chi connectivity index (χ0v) is 20.6. The molecule has 0 radical (unpaired) electrons. The minimum Gasteiger partial charge on any atom is -0.497 e. The van der Waals surface area contributed by atoms with Crippen molar-refractivity contribution in [2.75, 3.05) is 33.3 Å². The Morgan fingerprint density at radius 3 is 2.30 bits per heavy atom. The molecular formula is C26H39N3O4. The Labute approximate surface area is 197 Å². The molecule has 2 saturated heterocycles. The van der Waals surface area contributed by atoms with Crippen LogP contribution in [0.25, 0.3) is 0 Å². The van der Waals surface area contributed by atoms with Crippen LogP contribution < -0.4 is 10.1 Å². The molecule has 1 aromatic rings. The molecule has 1 aromatic carbocycles. The van der Waals surface area contributed by atoms with E-state index in [1.54, 1.807) is 31.4 Å². The van der Waals surface area contributed by atoms with E-state index in [0.717, 1.165) is 32.4 Å². The Hall–Kier alpha value is -2.57. The number of carbonyl (C=O) groups excluding carboxylic acids is 3. The van der Waals surface area contributed by atoms with Crippen LogP contribution in [0.4, 0.5) is 0 Å². The van der Waals surface area contributed by atoms with Gasteiger partial charge in [0.25, 0.3) is 5.91 Å². The van der Waals surface area contributed by atoms with Crippen molar-refractivity contribution in [3.8, 4) is 5.75 Å². The number of amides is 3. The third-order valence-corrected chi connectivity index (χ3v) is 6.60. The Bertz CT molecular complexity index is 834. The number of benzene rings is 1. The van der Waals surface area contributed by atoms with Gasteiger partial charge in [-0.3, -0.25) is 14.4 Å². The van der Waals surface area contributed by atoms with Crippen LogP contribution in [0.2, 0.25) is 0 Å². The fourth-order valence-corrected chi connectivity index (χ4v) is 4.73. The van der Waals surface area contributed by atoms with Crippen LogP contribution in [0, 0.1) is 11.3 Å². The van der Waals surface area contributed by atoms with Crippen LogP contribution in [0.15, 0.2) is 24.3 Å². The van der Waals surface area contributed by atoms with Crippen LogP contribution in [0.5, 0.6) is 5.75 Å². The highest BCUT2D eigenvalue weighted by atomic mass is 16.5. The molecule has 3 rings (SSSR count). The summed E-state index contributed by atoms with van der Waals surface area (Å²) in [6.07, 6.45) is 5.07. The summed E-state index contributed by atoms with van der Waals surface area (Å²) in [5.74, 6) is 0.515. The number of rotatable bonds is 6. The molecule has 2 fully saturated rings. The van der Waals surface area contributed by atoms with Crippen molar-refractivity contribution < 1.29 is 19.1 Å². The zero-order valence-electron chi connectivity index (χ0n) is 20.6. The van der Waals surface area contributed by atoms with Crippen LogP contribution in [-0.4, -0.2) is 66.9 Å². The molecule has 33 heavy (non-hydrogen) atoms. The first kappa shape index (κ1) is 25.1. The molecular weight excluding hydrogens is 418 g/mol. The maximum absolute atomic E-state index is 13.5. The highest BCUT2D eigenvalue weighted by molar-refractivity contribution is 5.98. The summed E-state index contributed by atoms with van der Waals surface area (Å²) in [7, 11) is 1.56. The molecule has 2 aliphatic rings. The van der Waals surface area contributed by atoms with Crippen molar-refractivity contribution in [3.05, 3.63) is 29.8 Å². The number of nitrogens with zero attached hydrogens (tertiary/aromatic N) is 2. The van der Waals surface area contributed by atoms with Crippen LogP contribution in [0.3, 0.4) is 0 Å². The minimum atomic E-state index is -0.582. The van der Waals surface area contributed by atoms with Gasteiger partial charge >= 0.3 is 0 Å². The van der Waals surface area contributed by atoms with E-state index in [0.29, 0.717) is 43.7 Å². The van der Waals surface area contributed by atoms with Gasteiger partial charge in [0.2, 0.25) is 11.8 Å². The van der Waals surface area contributed by atoms with Crippen molar-refractivity contribution in [3.63, 3.8) is 0 Å². The lowest BCUT2D eigenvalue weighted by molar-refractivity contribution is -0.137. The normalized spacial score (nSPS) is 18.5. The number of nitrogens with one attached hydrogen (secondary N) is 1. The lowest BCUT2D eigenvalue weighted by Crippen LogP contribution is -2.55. The first-order valence-electron chi connectivity index (χ1n) is 12.2. The number of ether oxygens (including phenoxy) is 1. The van der Waals surface area contributed by atoms with Gasteiger partial charge in [0.15, 0.2) is 0 Å². The van der Waals surface area contributed by atoms with Crippen LogP contribution in [0.1, 0.15) is 69.7 Å². The molecule has 0 bridgehead atoms. The van der Waals surface area contributed by atoms with Crippen molar-refractivity contribution in [2.24, 2.45) is 11.3 Å². The molecule has 2 heterocycles. The smallest absolute Gasteiger partial charge is 0.252 e. The minimum absolute atomic E-state index is 0.00501. The summed E-state index contributed by atoms with van der Waals surface area (Å²) >= 11 is 0. The molecule has 3 amide bonds. The molecule has 0 spiro atoms. The van der Waals surface area contributed by atoms with Gasteiger partial charge in [-0.2, -0.15) is 0 Å². The zero-order chi connectivity index (χ0) is 24.0. The van der Waals surface area contributed by atoms with E-state index in [4.69, 9.17) is 4.74 Å². The summed E-state index contributed by atoms with van der Waals surface area (Å²) < 4.78 is 5.24. The molecule has 0 aromatic heterocycles. The van der Waals surface area contributed by atoms with Gasteiger partial charge in [0.1, 0.15) is 11.8 Å². The highest BCUT2D eigenvalue weighted by Gasteiger charge is 2.37. The van der Waals surface area contributed by atoms with E-state index in [-0.39, 0.29) is 29.1 Å². The molecule has 1 N–H and O–H groups in total. The van der Waals surface area contributed by atoms with Gasteiger partial charge in [0.05, 0.1) is 7.11 Å². The summed E-state index contributed by atoms with van der Waals surface area (Å²) in [4.78, 5) is 43.1. The maximum Gasteiger partial charge on any atom is 0.252 e. The Morgan fingerprint density at radius 2 is 1.70 bits per heavy atom. The summed E-state index contributed by atoms with van der Waals surface area (Å²) in [5, 5.41) is 3.04. The van der Waals surface area contributed by atoms with Gasteiger partial charge in [0, 0.05) is 38.2 Å². The number of likely N-dealkylation sites (tertiary alicyclic amines) is 2. The summed E-state index contributed by atoms with van der Waals surface area (Å²) in [6.45, 7) is 8.94. The topological polar surface area (TPSA) is 79.0 Å². The fourth-order valence-electron chi connectivity index (χ4n) is 4.73. The second kappa shape index (κ2) is 11.0. The Kier molecular flexibility index (Phi) is 8.38. The van der Waals surface area contributed by atoms with Crippen molar-refractivity contribution >= 4 is 17.7 Å². The fraction of sp³-hybridized carbons (Fsp3) is 0.654. The maximum atomic E-state index is 13.5. The number of methoxy groups -OCH3 is 1. The van der Waals surface area contributed by atoms with Crippen molar-refractivity contribution in [2.45, 2.75) is 65.3 Å². The monoisotopic (exact) mass is 457 g/mol. The van der Waals surface area contributed by atoms with Gasteiger partial charge in [-0.15, -0.1) is 0 Å². The SMILES string of the molecule is COc1cccc(C(=O)NC(C(=O)N2CCCCC2)C2CCN(C(=O)CC(C)(C)C)CC2)c1. The standard InChI is InChI=1S/C26H39N3O4/c1-26(2,3)18-22(30)28-15-11-19(12-16-28)23(25(32)29-13-6-5-7-14-29)27-24(31)20-9-8-10-21(17-20)33-4/h8-10,17,19,23H,5-7,11-16,18H2,1-4H3,(H,27,31). The van der Waals surface area contributed by atoms with E-state index in [2.05, 4.69) is 26.1 Å². The number of hydrogen-bond acceptors (Lipinski definition) is 4. The molecule has 182 valence electrons. The van der Waals surface area contributed by atoms with Gasteiger partial charge < -0.3 is 19.9 Å².